The first kappa shape index (κ1) is 29.1. The van der Waals surface area contributed by atoms with Gasteiger partial charge in [-0.25, -0.2) is 4.79 Å². The third-order valence-corrected chi connectivity index (χ3v) is 12.0. The molecular weight excluding hydrogens is 510 g/mol. The van der Waals surface area contributed by atoms with Gasteiger partial charge in [0, 0.05) is 13.1 Å². The Morgan fingerprint density at radius 1 is 1.07 bits per heavy atom. The molecule has 7 atom stereocenters. The third kappa shape index (κ3) is 3.69. The standard InChI is InChI=1S/C32H47NO7/c1-19(2)24-15-21-16-31(18-34)23-8-7-20(3)22(23)17-30(21,32(24,31)26(37)38)10-9-29(25(35)36)11-13-33(14-12-29)27(39)40-28(4,5)6/h15,18-23H,7-14,16-17H2,1-6H3,(H,35,36)(H,37,38)/t20-,21?,22?,23?,30?,31?,32?/m1/s1. The maximum absolute atomic E-state index is 13.7. The highest BCUT2D eigenvalue weighted by molar-refractivity contribution is 5.90. The van der Waals surface area contributed by atoms with Gasteiger partial charge in [0.1, 0.15) is 17.3 Å². The third-order valence-electron chi connectivity index (χ3n) is 12.0. The van der Waals surface area contributed by atoms with Crippen LogP contribution in [-0.2, 0) is 19.1 Å². The number of allylic oxidation sites excluding steroid dienone is 1. The molecule has 3 saturated carbocycles. The summed E-state index contributed by atoms with van der Waals surface area (Å²) in [5, 5.41) is 21.7. The van der Waals surface area contributed by atoms with E-state index >= 15 is 0 Å². The summed E-state index contributed by atoms with van der Waals surface area (Å²) in [4.78, 5) is 54.0. The van der Waals surface area contributed by atoms with Gasteiger partial charge in [-0.15, -0.1) is 0 Å². The largest absolute Gasteiger partial charge is 0.481 e. The van der Waals surface area contributed by atoms with Gasteiger partial charge in [-0.05, 0) is 101 Å². The summed E-state index contributed by atoms with van der Waals surface area (Å²) < 4.78 is 5.52. The number of hydrogen-bond acceptors (Lipinski definition) is 5. The van der Waals surface area contributed by atoms with Crippen LogP contribution in [0.5, 0.6) is 0 Å². The maximum atomic E-state index is 13.7. The van der Waals surface area contributed by atoms with Crippen LogP contribution in [0.3, 0.4) is 0 Å². The van der Waals surface area contributed by atoms with E-state index in [2.05, 4.69) is 13.0 Å². The minimum absolute atomic E-state index is 0.0130. The minimum atomic E-state index is -1.29. The van der Waals surface area contributed by atoms with E-state index in [1.807, 2.05) is 34.6 Å². The van der Waals surface area contributed by atoms with Gasteiger partial charge in [0.2, 0.25) is 0 Å². The van der Waals surface area contributed by atoms with Crippen LogP contribution in [0.2, 0.25) is 0 Å². The van der Waals surface area contributed by atoms with Crippen LogP contribution in [-0.4, -0.2) is 58.1 Å². The fraction of sp³-hybridized carbons (Fsp3) is 0.812. The fourth-order valence-electron chi connectivity index (χ4n) is 10.3. The molecule has 4 bridgehead atoms. The van der Waals surface area contributed by atoms with Crippen LogP contribution in [0.15, 0.2) is 11.6 Å². The minimum Gasteiger partial charge on any atom is -0.481 e. The van der Waals surface area contributed by atoms with E-state index < -0.39 is 45.3 Å². The number of aldehydes is 1. The summed E-state index contributed by atoms with van der Waals surface area (Å²) in [6.07, 6.45) is 7.33. The lowest BCUT2D eigenvalue weighted by Crippen LogP contribution is -2.62. The number of aliphatic carboxylic acids is 2. The lowest BCUT2D eigenvalue weighted by atomic mass is 9.41. The number of amides is 1. The van der Waals surface area contributed by atoms with E-state index in [0.29, 0.717) is 38.0 Å². The Morgan fingerprint density at radius 3 is 2.25 bits per heavy atom. The van der Waals surface area contributed by atoms with Gasteiger partial charge in [-0.2, -0.15) is 0 Å². The van der Waals surface area contributed by atoms with E-state index in [9.17, 15) is 29.4 Å². The van der Waals surface area contributed by atoms with Gasteiger partial charge in [-0.1, -0.05) is 38.8 Å². The van der Waals surface area contributed by atoms with E-state index in [4.69, 9.17) is 4.74 Å². The number of ether oxygens (including phenoxy) is 1. The number of piperidine rings is 1. The van der Waals surface area contributed by atoms with E-state index in [1.165, 1.54) is 0 Å². The lowest BCUT2D eigenvalue weighted by molar-refractivity contribution is -0.182. The maximum Gasteiger partial charge on any atom is 0.410 e. The van der Waals surface area contributed by atoms with Crippen molar-refractivity contribution >= 4 is 24.3 Å². The van der Waals surface area contributed by atoms with Gasteiger partial charge in [0.15, 0.2) is 0 Å². The zero-order valence-electron chi connectivity index (χ0n) is 25.0. The number of carbonyl (C=O) groups is 4. The van der Waals surface area contributed by atoms with Gasteiger partial charge in [-0.3, -0.25) is 9.59 Å². The summed E-state index contributed by atoms with van der Waals surface area (Å²) in [5.74, 6) is -1.09. The van der Waals surface area contributed by atoms with Gasteiger partial charge >= 0.3 is 18.0 Å². The topological polar surface area (TPSA) is 121 Å². The smallest absolute Gasteiger partial charge is 0.410 e. The number of carboxylic acids is 2. The molecular formula is C32H47NO7. The Balaban J connectivity index is 1.50. The van der Waals surface area contributed by atoms with Crippen molar-refractivity contribution in [3.05, 3.63) is 11.6 Å². The average Bonchev–Trinajstić information content (AvgIpc) is 3.44. The van der Waals surface area contributed by atoms with Crippen LogP contribution in [0.4, 0.5) is 4.79 Å². The molecule has 1 heterocycles. The molecule has 8 heteroatoms. The summed E-state index contributed by atoms with van der Waals surface area (Å²) in [6, 6.07) is 0. The fourth-order valence-corrected chi connectivity index (χ4v) is 10.3. The van der Waals surface area contributed by atoms with Crippen molar-refractivity contribution in [1.82, 2.24) is 4.90 Å². The second-order valence-corrected chi connectivity index (χ2v) is 15.0. The second kappa shape index (κ2) is 9.32. The molecule has 40 heavy (non-hydrogen) atoms. The van der Waals surface area contributed by atoms with Crippen molar-refractivity contribution in [3.63, 3.8) is 0 Å². The first-order chi connectivity index (χ1) is 18.6. The number of likely N-dealkylation sites (tertiary alicyclic amines) is 1. The predicted molar refractivity (Wildman–Crippen MR) is 148 cm³/mol. The molecule has 222 valence electrons. The second-order valence-electron chi connectivity index (χ2n) is 15.0. The molecule has 0 radical (unpaired) electrons. The normalized spacial score (nSPS) is 39.6. The molecule has 8 nitrogen and oxygen atoms in total. The summed E-state index contributed by atoms with van der Waals surface area (Å²) >= 11 is 0. The summed E-state index contributed by atoms with van der Waals surface area (Å²) in [6.45, 7) is 12.3. The number of nitrogens with zero attached hydrogens (tertiary/aromatic N) is 1. The molecule has 2 N–H and O–H groups in total. The Hall–Kier alpha value is -2.38. The highest BCUT2D eigenvalue weighted by atomic mass is 16.6. The quantitative estimate of drug-likeness (QED) is 0.300. The Morgan fingerprint density at radius 2 is 1.73 bits per heavy atom. The highest BCUT2D eigenvalue weighted by Gasteiger charge is 2.84. The Labute approximate surface area is 237 Å². The average molecular weight is 558 g/mol. The molecule has 1 saturated heterocycles. The molecule has 5 aliphatic rings. The molecule has 4 fully saturated rings. The number of carbonyl (C=O) groups excluding carboxylic acids is 2. The molecule has 0 spiro atoms. The number of hydrogen-bond donors (Lipinski definition) is 2. The van der Waals surface area contributed by atoms with Crippen molar-refractivity contribution in [2.45, 2.75) is 98.5 Å². The number of carboxylic acid groups (broad SMARTS) is 2. The molecule has 6 unspecified atom stereocenters. The molecule has 1 aliphatic heterocycles. The van der Waals surface area contributed by atoms with Crippen LogP contribution >= 0.6 is 0 Å². The van der Waals surface area contributed by atoms with Crippen LogP contribution in [0.25, 0.3) is 0 Å². The number of fused-ring (bicyclic) bond motifs is 2. The number of rotatable bonds is 7. The predicted octanol–water partition coefficient (Wildman–Crippen LogP) is 5.79. The van der Waals surface area contributed by atoms with Gasteiger partial charge in [0.25, 0.3) is 0 Å². The first-order valence-corrected chi connectivity index (χ1v) is 15.2. The summed E-state index contributed by atoms with van der Waals surface area (Å²) in [5.41, 5.74) is -3.71. The van der Waals surface area contributed by atoms with Crippen LogP contribution in [0, 0.1) is 51.2 Å². The van der Waals surface area contributed by atoms with Gasteiger partial charge in [0.05, 0.1) is 10.8 Å². The van der Waals surface area contributed by atoms with E-state index in [1.54, 1.807) is 4.90 Å². The lowest BCUT2D eigenvalue weighted by Gasteiger charge is -2.59. The van der Waals surface area contributed by atoms with E-state index in [-0.39, 0.29) is 36.8 Å². The molecule has 5 rings (SSSR count). The van der Waals surface area contributed by atoms with Crippen molar-refractivity contribution in [3.8, 4) is 0 Å². The SMILES string of the molecule is CC(C)C1=CC2CC3(C=O)C4CC[C@@H](C)C4CC2(CCC2(C(=O)O)CCN(C(=O)OC(C)(C)C)CC2)C13C(=O)O. The van der Waals surface area contributed by atoms with Crippen LogP contribution in [0.1, 0.15) is 92.9 Å². The van der Waals surface area contributed by atoms with Crippen molar-refractivity contribution in [1.29, 1.82) is 0 Å². The molecule has 1 amide bonds. The van der Waals surface area contributed by atoms with Crippen molar-refractivity contribution in [2.24, 2.45) is 51.2 Å². The monoisotopic (exact) mass is 557 g/mol. The van der Waals surface area contributed by atoms with Crippen molar-refractivity contribution in [2.75, 3.05) is 13.1 Å². The Kier molecular flexibility index (Phi) is 6.78. The molecule has 4 aliphatic carbocycles. The summed E-state index contributed by atoms with van der Waals surface area (Å²) in [7, 11) is 0. The first-order valence-electron chi connectivity index (χ1n) is 15.2. The van der Waals surface area contributed by atoms with E-state index in [0.717, 1.165) is 31.1 Å². The molecule has 0 aromatic carbocycles. The van der Waals surface area contributed by atoms with Gasteiger partial charge < -0.3 is 24.6 Å². The highest BCUT2D eigenvalue weighted by Crippen LogP contribution is 2.83. The van der Waals surface area contributed by atoms with Crippen molar-refractivity contribution < 1.29 is 34.1 Å². The van der Waals surface area contributed by atoms with Crippen LogP contribution < -0.4 is 0 Å². The molecule has 0 aromatic rings. The molecule has 0 aromatic heterocycles. The Bertz CT molecular complexity index is 1130. The zero-order valence-corrected chi connectivity index (χ0v) is 25.0. The zero-order chi connectivity index (χ0) is 29.5.